The molecule has 20 heavy (non-hydrogen) atoms. The maximum absolute atomic E-state index is 12.2. The van der Waals surface area contributed by atoms with E-state index in [1.807, 2.05) is 0 Å². The van der Waals surface area contributed by atoms with Crippen LogP contribution in [0.25, 0.3) is 0 Å². The van der Waals surface area contributed by atoms with Gasteiger partial charge in [-0.2, -0.15) is 22.3 Å². The number of hydrogen-bond donors (Lipinski definition) is 1. The van der Waals surface area contributed by atoms with Crippen LogP contribution in [0.2, 0.25) is 0 Å². The van der Waals surface area contributed by atoms with Crippen molar-refractivity contribution in [3.05, 3.63) is 0 Å². The average molecular weight is 334 g/mol. The minimum absolute atomic E-state index is 1.65. The van der Waals surface area contributed by atoms with Crippen LogP contribution in [0.4, 0.5) is 48.3 Å². The Kier molecular flexibility index (Phi) is 4.88. The van der Waals surface area contributed by atoms with E-state index in [4.69, 9.17) is 5.11 Å². The number of ether oxygens (including phenoxy) is 3. The van der Waals surface area contributed by atoms with Crippen LogP contribution >= 0.6 is 0 Å². The van der Waals surface area contributed by atoms with E-state index in [-0.39, 0.29) is 0 Å². The molecule has 0 amide bonds. The molecule has 1 N–H and O–H groups in total. The highest BCUT2D eigenvalue weighted by Gasteiger charge is 2.65. The van der Waals surface area contributed by atoms with Gasteiger partial charge < -0.3 is 5.11 Å². The first-order chi connectivity index (χ1) is 8.37. The molecule has 15 heteroatoms. The molecule has 0 aromatic heterocycles. The first-order valence-electron chi connectivity index (χ1n) is 3.78. The lowest BCUT2D eigenvalue weighted by Gasteiger charge is -2.27. The molecule has 0 aliphatic heterocycles. The Bertz CT molecular complexity index is 331. The van der Waals surface area contributed by atoms with Gasteiger partial charge in [-0.3, -0.25) is 0 Å². The second-order valence-electron chi connectivity index (χ2n) is 2.74. The number of hydrogen-bond acceptors (Lipinski definition) is 4. The third-order valence-electron chi connectivity index (χ3n) is 1.07. The molecule has 0 aliphatic rings. The molecule has 0 aliphatic carbocycles. The highest BCUT2D eigenvalue weighted by atomic mass is 19.4. The van der Waals surface area contributed by atoms with Crippen molar-refractivity contribution in [3.63, 3.8) is 0 Å². The quantitative estimate of drug-likeness (QED) is 0.599. The van der Waals surface area contributed by atoms with Gasteiger partial charge in [0, 0.05) is 0 Å². The second kappa shape index (κ2) is 5.12. The molecule has 0 radical (unpaired) electrons. The maximum atomic E-state index is 12.2. The Hall–Kier alpha value is -0.930. The van der Waals surface area contributed by atoms with Crippen molar-refractivity contribution in [2.24, 2.45) is 0 Å². The number of rotatable bonds is 6. The Morgan fingerprint density at radius 1 is 0.550 bits per heavy atom. The smallest absolute Gasteiger partial charge is 0.329 e. The number of alkyl halides is 11. The first-order valence-corrected chi connectivity index (χ1v) is 3.78. The van der Waals surface area contributed by atoms with Gasteiger partial charge in [0.05, 0.1) is 0 Å². The fraction of sp³-hybridized carbons (Fsp3) is 1.00. The van der Waals surface area contributed by atoms with Crippen molar-refractivity contribution in [2.45, 2.75) is 31.2 Å². The van der Waals surface area contributed by atoms with Gasteiger partial charge in [0.2, 0.25) is 0 Å². The molecule has 0 atom stereocenters. The molecule has 0 unspecified atom stereocenters. The Morgan fingerprint density at radius 2 is 0.900 bits per heavy atom. The molecular weight excluding hydrogens is 333 g/mol. The van der Waals surface area contributed by atoms with Gasteiger partial charge in [0.1, 0.15) is 0 Å². The van der Waals surface area contributed by atoms with Crippen molar-refractivity contribution >= 4 is 0 Å². The van der Waals surface area contributed by atoms with E-state index < -0.39 is 31.2 Å². The maximum Gasteiger partial charge on any atom is 0.529 e. The third kappa shape index (κ3) is 6.49. The summed E-state index contributed by atoms with van der Waals surface area (Å²) in [6.07, 6.45) is -31.6. The largest absolute Gasteiger partial charge is 0.529 e. The Labute approximate surface area is 100 Å². The van der Waals surface area contributed by atoms with Gasteiger partial charge in [-0.1, -0.05) is 0 Å². The van der Waals surface area contributed by atoms with Gasteiger partial charge in [-0.05, 0) is 0 Å². The van der Waals surface area contributed by atoms with E-state index in [2.05, 4.69) is 0 Å². The molecule has 0 saturated heterocycles. The molecule has 0 heterocycles. The molecule has 122 valence electrons. The lowest BCUT2D eigenvalue weighted by Crippen LogP contribution is -2.50. The van der Waals surface area contributed by atoms with Crippen LogP contribution in [0, 0.1) is 0 Å². The van der Waals surface area contributed by atoms with E-state index in [9.17, 15) is 48.3 Å². The van der Waals surface area contributed by atoms with Gasteiger partial charge >= 0.3 is 31.2 Å². The minimum Gasteiger partial charge on any atom is -0.329 e. The molecule has 0 aromatic carbocycles. The van der Waals surface area contributed by atoms with Crippen LogP contribution in [0.15, 0.2) is 0 Å². The van der Waals surface area contributed by atoms with E-state index in [0.29, 0.717) is 0 Å². The predicted octanol–water partition coefficient (Wildman–Crippen LogP) is 2.83. The normalized spacial score (nSPS) is 15.6. The lowest BCUT2D eigenvalue weighted by molar-refractivity contribution is -0.597. The zero-order valence-corrected chi connectivity index (χ0v) is 8.33. The van der Waals surface area contributed by atoms with E-state index in [1.165, 1.54) is 0 Å². The van der Waals surface area contributed by atoms with Crippen molar-refractivity contribution in [1.29, 1.82) is 0 Å². The van der Waals surface area contributed by atoms with Crippen molar-refractivity contribution in [3.8, 4) is 0 Å². The number of halogens is 11. The summed E-state index contributed by atoms with van der Waals surface area (Å²) in [5.74, 6) is 0. The summed E-state index contributed by atoms with van der Waals surface area (Å²) in [6.45, 7) is 0. The van der Waals surface area contributed by atoms with Gasteiger partial charge in [-0.15, -0.1) is 30.7 Å². The Balaban J connectivity index is 4.92. The highest BCUT2D eigenvalue weighted by molar-refractivity contribution is 4.64. The topological polar surface area (TPSA) is 47.9 Å². The monoisotopic (exact) mass is 334 g/mol. The SMILES string of the molecule is OC(F)(F)C(F)(F)OC(F)(F)OC(F)(F)OC(F)(F)F. The zero-order valence-electron chi connectivity index (χ0n) is 8.33. The van der Waals surface area contributed by atoms with Crippen molar-refractivity contribution in [2.75, 3.05) is 0 Å². The zero-order chi connectivity index (χ0) is 16.6. The van der Waals surface area contributed by atoms with Crippen molar-refractivity contribution < 1.29 is 67.6 Å². The fourth-order valence-electron chi connectivity index (χ4n) is 0.525. The van der Waals surface area contributed by atoms with Crippen LogP contribution in [0.5, 0.6) is 0 Å². The van der Waals surface area contributed by atoms with Crippen LogP contribution in [-0.2, 0) is 14.2 Å². The standard InChI is InChI=1S/C5HF11O4/c6-1(7,17)2(8,9)18-4(13,14)20-5(15,16)19-3(10,11)12/h17H. The summed E-state index contributed by atoms with van der Waals surface area (Å²) < 4.78 is 135. The first kappa shape index (κ1) is 19.1. The summed E-state index contributed by atoms with van der Waals surface area (Å²) >= 11 is 0. The Morgan fingerprint density at radius 3 is 1.20 bits per heavy atom. The van der Waals surface area contributed by atoms with Gasteiger partial charge in [0.15, 0.2) is 0 Å². The summed E-state index contributed by atoms with van der Waals surface area (Å²) in [5, 5.41) is 7.40. The van der Waals surface area contributed by atoms with Gasteiger partial charge in [-0.25, -0.2) is 9.47 Å². The van der Waals surface area contributed by atoms with Gasteiger partial charge in [0.25, 0.3) is 0 Å². The van der Waals surface area contributed by atoms with Crippen molar-refractivity contribution in [1.82, 2.24) is 0 Å². The second-order valence-corrected chi connectivity index (χ2v) is 2.74. The van der Waals surface area contributed by atoms with Crippen LogP contribution in [0.1, 0.15) is 0 Å². The van der Waals surface area contributed by atoms with Crippen LogP contribution in [-0.4, -0.2) is 36.3 Å². The molecule has 0 spiro atoms. The summed E-state index contributed by atoms with van der Waals surface area (Å²) in [7, 11) is 0. The fourth-order valence-corrected chi connectivity index (χ4v) is 0.525. The summed E-state index contributed by atoms with van der Waals surface area (Å²) in [4.78, 5) is 0. The van der Waals surface area contributed by atoms with E-state index in [1.54, 1.807) is 14.2 Å². The molecular formula is C5HF11O4. The summed E-state index contributed by atoms with van der Waals surface area (Å²) in [5.41, 5.74) is 0. The molecule has 0 rings (SSSR count). The molecule has 0 saturated carbocycles. The lowest BCUT2D eigenvalue weighted by atomic mass is 10.6. The van der Waals surface area contributed by atoms with E-state index >= 15 is 0 Å². The van der Waals surface area contributed by atoms with E-state index in [0.717, 1.165) is 0 Å². The highest BCUT2D eigenvalue weighted by Crippen LogP contribution is 2.41. The molecule has 0 aromatic rings. The minimum atomic E-state index is -6.45. The molecule has 0 fully saturated rings. The third-order valence-corrected chi connectivity index (χ3v) is 1.07. The average Bonchev–Trinajstić information content (AvgIpc) is 1.88. The predicted molar refractivity (Wildman–Crippen MR) is 31.3 cm³/mol. The number of aliphatic hydroxyl groups is 1. The summed E-state index contributed by atoms with van der Waals surface area (Å²) in [6, 6.07) is 0. The van der Waals surface area contributed by atoms with Crippen LogP contribution in [0.3, 0.4) is 0 Å². The molecule has 4 nitrogen and oxygen atoms in total. The molecule has 0 bridgehead atoms. The van der Waals surface area contributed by atoms with Crippen LogP contribution < -0.4 is 0 Å².